The summed E-state index contributed by atoms with van der Waals surface area (Å²) in [6.07, 6.45) is 4.69. The fourth-order valence-electron chi connectivity index (χ4n) is 1.70. The van der Waals surface area contributed by atoms with Gasteiger partial charge in [0.1, 0.15) is 0 Å². The van der Waals surface area contributed by atoms with Crippen molar-refractivity contribution in [1.82, 2.24) is 0 Å². The lowest BCUT2D eigenvalue weighted by molar-refractivity contribution is 0.113. The van der Waals surface area contributed by atoms with Crippen LogP contribution in [-0.4, -0.2) is 33.9 Å². The first kappa shape index (κ1) is 11.3. The van der Waals surface area contributed by atoms with Gasteiger partial charge in [0.2, 0.25) is 0 Å². The van der Waals surface area contributed by atoms with E-state index in [1.807, 2.05) is 11.8 Å². The van der Waals surface area contributed by atoms with Crippen LogP contribution in [0.15, 0.2) is 0 Å². The number of hydrogen-bond acceptors (Lipinski definition) is 3. The van der Waals surface area contributed by atoms with Gasteiger partial charge in [0, 0.05) is 11.0 Å². The van der Waals surface area contributed by atoms with Crippen LogP contribution in [-0.2, 0) is 0 Å². The van der Waals surface area contributed by atoms with Gasteiger partial charge in [-0.05, 0) is 31.6 Å². The largest absolute Gasteiger partial charge is 0.394 e. The molecule has 0 aromatic rings. The van der Waals surface area contributed by atoms with E-state index in [2.05, 4.69) is 6.92 Å². The van der Waals surface area contributed by atoms with Crippen molar-refractivity contribution in [2.45, 2.75) is 44.0 Å². The Balaban J connectivity index is 2.08. The maximum atomic E-state index is 9.17. The SMILES string of the molecule is CC1CCC(SCC(O)CO)CC1. The third-order valence-electron chi connectivity index (χ3n) is 2.70. The fraction of sp³-hybridized carbons (Fsp3) is 1.00. The molecule has 1 atom stereocenters. The topological polar surface area (TPSA) is 40.5 Å². The lowest BCUT2D eigenvalue weighted by Crippen LogP contribution is -2.20. The van der Waals surface area contributed by atoms with Gasteiger partial charge in [0.05, 0.1) is 12.7 Å². The molecule has 1 aliphatic rings. The lowest BCUT2D eigenvalue weighted by Gasteiger charge is -2.26. The summed E-state index contributed by atoms with van der Waals surface area (Å²) >= 11 is 1.82. The fourth-order valence-corrected chi connectivity index (χ4v) is 2.90. The number of hydrogen-bond donors (Lipinski definition) is 2. The summed E-state index contributed by atoms with van der Waals surface area (Å²) in [6.45, 7) is 2.21. The smallest absolute Gasteiger partial charge is 0.0861 e. The van der Waals surface area contributed by atoms with Gasteiger partial charge in [0.25, 0.3) is 0 Å². The molecule has 2 nitrogen and oxygen atoms in total. The Labute approximate surface area is 84.7 Å². The van der Waals surface area contributed by atoms with E-state index in [-0.39, 0.29) is 6.61 Å². The molecule has 1 rings (SSSR count). The van der Waals surface area contributed by atoms with Gasteiger partial charge in [-0.3, -0.25) is 0 Å². The molecule has 1 unspecified atom stereocenters. The summed E-state index contributed by atoms with van der Waals surface area (Å²) in [7, 11) is 0. The molecule has 1 saturated carbocycles. The van der Waals surface area contributed by atoms with Gasteiger partial charge in [-0.2, -0.15) is 11.8 Å². The predicted molar refractivity (Wildman–Crippen MR) is 57.0 cm³/mol. The Kier molecular flexibility index (Phi) is 5.14. The Morgan fingerprint density at radius 2 is 1.92 bits per heavy atom. The van der Waals surface area contributed by atoms with Crippen LogP contribution in [0.2, 0.25) is 0 Å². The molecular weight excluding hydrogens is 184 g/mol. The minimum Gasteiger partial charge on any atom is -0.394 e. The molecule has 78 valence electrons. The standard InChI is InChI=1S/C10H20O2S/c1-8-2-4-10(5-3-8)13-7-9(12)6-11/h8-12H,2-7H2,1H3. The third kappa shape index (κ3) is 4.34. The van der Waals surface area contributed by atoms with Crippen LogP contribution in [0, 0.1) is 5.92 Å². The van der Waals surface area contributed by atoms with Crippen molar-refractivity contribution in [3.05, 3.63) is 0 Å². The average Bonchev–Trinajstić information content (AvgIpc) is 2.16. The van der Waals surface area contributed by atoms with Gasteiger partial charge >= 0.3 is 0 Å². The van der Waals surface area contributed by atoms with E-state index in [9.17, 15) is 0 Å². The van der Waals surface area contributed by atoms with Gasteiger partial charge < -0.3 is 10.2 Å². The van der Waals surface area contributed by atoms with E-state index in [0.717, 1.165) is 11.2 Å². The summed E-state index contributed by atoms with van der Waals surface area (Å²) in [4.78, 5) is 0. The first-order valence-electron chi connectivity index (χ1n) is 5.13. The van der Waals surface area contributed by atoms with E-state index < -0.39 is 6.10 Å². The summed E-state index contributed by atoms with van der Waals surface area (Å²) in [6, 6.07) is 0. The quantitative estimate of drug-likeness (QED) is 0.731. The average molecular weight is 204 g/mol. The molecule has 1 aliphatic carbocycles. The zero-order valence-electron chi connectivity index (χ0n) is 8.28. The Bertz CT molecular complexity index is 133. The summed E-state index contributed by atoms with van der Waals surface area (Å²) in [5.74, 6) is 1.58. The summed E-state index contributed by atoms with van der Waals surface area (Å²) in [5, 5.41) is 18.5. The number of rotatable bonds is 4. The van der Waals surface area contributed by atoms with Gasteiger partial charge in [-0.25, -0.2) is 0 Å². The van der Waals surface area contributed by atoms with E-state index in [4.69, 9.17) is 10.2 Å². The van der Waals surface area contributed by atoms with E-state index in [1.54, 1.807) is 0 Å². The lowest BCUT2D eigenvalue weighted by atomic mass is 9.91. The molecule has 1 fully saturated rings. The second-order valence-electron chi connectivity index (χ2n) is 4.05. The molecule has 0 bridgehead atoms. The zero-order chi connectivity index (χ0) is 9.68. The van der Waals surface area contributed by atoms with Crippen LogP contribution in [0.25, 0.3) is 0 Å². The number of aliphatic hydroxyl groups excluding tert-OH is 2. The predicted octanol–water partition coefficient (Wildman–Crippen LogP) is 1.65. The maximum absolute atomic E-state index is 9.17. The number of thioether (sulfide) groups is 1. The van der Waals surface area contributed by atoms with Crippen molar-refractivity contribution in [3.63, 3.8) is 0 Å². The Hall–Kier alpha value is 0.270. The highest BCUT2D eigenvalue weighted by atomic mass is 32.2. The molecule has 0 aromatic heterocycles. The molecule has 0 spiro atoms. The van der Waals surface area contributed by atoms with Crippen LogP contribution in [0.1, 0.15) is 32.6 Å². The molecule has 0 radical (unpaired) electrons. The molecule has 2 N–H and O–H groups in total. The molecule has 0 heterocycles. The first-order valence-corrected chi connectivity index (χ1v) is 6.17. The highest BCUT2D eigenvalue weighted by Crippen LogP contribution is 2.31. The van der Waals surface area contributed by atoms with Gasteiger partial charge in [-0.15, -0.1) is 0 Å². The summed E-state index contributed by atoms with van der Waals surface area (Å²) in [5.41, 5.74) is 0. The molecule has 0 saturated heterocycles. The van der Waals surface area contributed by atoms with Crippen molar-refractivity contribution in [3.8, 4) is 0 Å². The van der Waals surface area contributed by atoms with Crippen LogP contribution in [0.4, 0.5) is 0 Å². The van der Waals surface area contributed by atoms with Crippen LogP contribution in [0.5, 0.6) is 0 Å². The second-order valence-corrected chi connectivity index (χ2v) is 5.38. The minimum atomic E-state index is -0.524. The summed E-state index contributed by atoms with van der Waals surface area (Å²) < 4.78 is 0. The van der Waals surface area contributed by atoms with E-state index in [1.165, 1.54) is 25.7 Å². The molecular formula is C10H20O2S. The van der Waals surface area contributed by atoms with Crippen LogP contribution in [0.3, 0.4) is 0 Å². The van der Waals surface area contributed by atoms with Gasteiger partial charge in [0.15, 0.2) is 0 Å². The minimum absolute atomic E-state index is 0.101. The zero-order valence-corrected chi connectivity index (χ0v) is 9.09. The first-order chi connectivity index (χ1) is 6.22. The Morgan fingerprint density at radius 3 is 2.46 bits per heavy atom. The van der Waals surface area contributed by atoms with Crippen molar-refractivity contribution in [2.24, 2.45) is 5.92 Å². The molecule has 13 heavy (non-hydrogen) atoms. The normalized spacial score (nSPS) is 31.6. The molecule has 0 amide bonds. The molecule has 0 aromatic carbocycles. The van der Waals surface area contributed by atoms with Crippen molar-refractivity contribution in [2.75, 3.05) is 12.4 Å². The Morgan fingerprint density at radius 1 is 1.31 bits per heavy atom. The van der Waals surface area contributed by atoms with E-state index >= 15 is 0 Å². The third-order valence-corrected chi connectivity index (χ3v) is 4.22. The maximum Gasteiger partial charge on any atom is 0.0861 e. The number of aliphatic hydroxyl groups is 2. The van der Waals surface area contributed by atoms with Crippen LogP contribution < -0.4 is 0 Å². The molecule has 3 heteroatoms. The van der Waals surface area contributed by atoms with Gasteiger partial charge in [-0.1, -0.05) is 6.92 Å². The molecule has 0 aliphatic heterocycles. The second kappa shape index (κ2) is 5.89. The van der Waals surface area contributed by atoms with Crippen molar-refractivity contribution in [1.29, 1.82) is 0 Å². The van der Waals surface area contributed by atoms with Crippen molar-refractivity contribution < 1.29 is 10.2 Å². The highest BCUT2D eigenvalue weighted by Gasteiger charge is 2.19. The van der Waals surface area contributed by atoms with Crippen molar-refractivity contribution >= 4 is 11.8 Å². The van der Waals surface area contributed by atoms with E-state index in [0.29, 0.717) is 5.75 Å². The monoisotopic (exact) mass is 204 g/mol. The highest BCUT2D eigenvalue weighted by molar-refractivity contribution is 7.99. The van der Waals surface area contributed by atoms with Crippen LogP contribution >= 0.6 is 11.8 Å².